The molecule has 1 saturated heterocycles. The summed E-state index contributed by atoms with van der Waals surface area (Å²) in [4.78, 5) is 23.3. The Morgan fingerprint density at radius 3 is 2.78 bits per heavy atom. The third kappa shape index (κ3) is 3.60. The number of amides is 1. The van der Waals surface area contributed by atoms with Gasteiger partial charge in [0.05, 0.1) is 17.0 Å². The Labute approximate surface area is 158 Å². The molecule has 1 atom stereocenters. The molecule has 0 spiro atoms. The maximum atomic E-state index is 11.9. The molecule has 1 amide bonds. The number of carbonyl (C=O) groups is 1. The first-order valence-corrected chi connectivity index (χ1v) is 9.23. The average Bonchev–Trinajstić information content (AvgIpc) is 3.14. The molecule has 1 aliphatic rings. The van der Waals surface area contributed by atoms with Gasteiger partial charge in [0, 0.05) is 43.8 Å². The van der Waals surface area contributed by atoms with Crippen LogP contribution in [0.3, 0.4) is 0 Å². The number of nitrogens with zero attached hydrogens (tertiary/aromatic N) is 4. The summed E-state index contributed by atoms with van der Waals surface area (Å²) >= 11 is 0. The summed E-state index contributed by atoms with van der Waals surface area (Å²) in [5, 5.41) is 4.01. The molecule has 4 rings (SSSR count). The van der Waals surface area contributed by atoms with Gasteiger partial charge in [0.15, 0.2) is 11.6 Å². The van der Waals surface area contributed by atoms with Crippen molar-refractivity contribution in [2.45, 2.75) is 32.6 Å². The molecule has 0 aliphatic carbocycles. The summed E-state index contributed by atoms with van der Waals surface area (Å²) in [7, 11) is 0. The van der Waals surface area contributed by atoms with Gasteiger partial charge in [-0.3, -0.25) is 4.79 Å². The monoisotopic (exact) mass is 362 g/mol. The van der Waals surface area contributed by atoms with Crippen molar-refractivity contribution >= 4 is 5.91 Å². The number of carbonyl (C=O) groups excluding carboxylic acids is 1. The number of piperidine rings is 1. The van der Waals surface area contributed by atoms with Crippen LogP contribution in [-0.2, 0) is 4.79 Å². The minimum atomic E-state index is 0.106. The van der Waals surface area contributed by atoms with E-state index in [-0.39, 0.29) is 11.8 Å². The zero-order chi connectivity index (χ0) is 18.8. The van der Waals surface area contributed by atoms with E-state index in [1.54, 1.807) is 6.92 Å². The van der Waals surface area contributed by atoms with Crippen molar-refractivity contribution in [1.29, 1.82) is 0 Å². The normalized spacial score (nSPS) is 17.1. The molecular formula is C21H22N4O2. The van der Waals surface area contributed by atoms with Gasteiger partial charge in [-0.05, 0) is 19.8 Å². The van der Waals surface area contributed by atoms with Crippen LogP contribution < -0.4 is 0 Å². The van der Waals surface area contributed by atoms with E-state index in [4.69, 9.17) is 9.51 Å². The number of likely N-dealkylation sites (tertiary alicyclic amines) is 1. The van der Waals surface area contributed by atoms with Crippen molar-refractivity contribution in [3.63, 3.8) is 0 Å². The molecule has 0 radical (unpaired) electrons. The molecule has 6 nitrogen and oxygen atoms in total. The lowest BCUT2D eigenvalue weighted by Crippen LogP contribution is -2.38. The van der Waals surface area contributed by atoms with Crippen molar-refractivity contribution in [3.8, 4) is 22.7 Å². The fourth-order valence-corrected chi connectivity index (χ4v) is 3.60. The Bertz CT molecular complexity index is 952. The Kier molecular flexibility index (Phi) is 4.71. The van der Waals surface area contributed by atoms with Crippen LogP contribution in [0.1, 0.15) is 37.1 Å². The highest BCUT2D eigenvalue weighted by Gasteiger charge is 2.28. The molecule has 138 valence electrons. The number of hydrogen-bond acceptors (Lipinski definition) is 5. The third-order valence-electron chi connectivity index (χ3n) is 5.00. The van der Waals surface area contributed by atoms with Crippen LogP contribution in [-0.4, -0.2) is 39.0 Å². The lowest BCUT2D eigenvalue weighted by Gasteiger charge is -2.32. The second-order valence-corrected chi connectivity index (χ2v) is 7.00. The molecule has 1 aliphatic heterocycles. The fraction of sp³-hybridized carbons (Fsp3) is 0.333. The molecule has 6 heteroatoms. The topological polar surface area (TPSA) is 72.1 Å². The summed E-state index contributed by atoms with van der Waals surface area (Å²) in [6, 6.07) is 11.8. The molecule has 27 heavy (non-hydrogen) atoms. The standard InChI is InChI=1S/C21H22N4O2/c1-14-11-19(27-24-14)18-12-22-21(16-7-4-3-5-8-16)23-20(18)17-9-6-10-25(13-17)15(2)26/h3-5,7-8,11-12,17H,6,9-10,13H2,1-2H3. The van der Waals surface area contributed by atoms with Crippen LogP contribution in [0.2, 0.25) is 0 Å². The Balaban J connectivity index is 1.79. The molecule has 1 fully saturated rings. The van der Waals surface area contributed by atoms with Gasteiger partial charge in [0.25, 0.3) is 0 Å². The number of benzene rings is 1. The van der Waals surface area contributed by atoms with Crippen LogP contribution in [0.5, 0.6) is 0 Å². The van der Waals surface area contributed by atoms with E-state index in [1.807, 2.05) is 54.4 Å². The van der Waals surface area contributed by atoms with Gasteiger partial charge < -0.3 is 9.42 Å². The van der Waals surface area contributed by atoms with Crippen LogP contribution in [0.25, 0.3) is 22.7 Å². The van der Waals surface area contributed by atoms with E-state index < -0.39 is 0 Å². The molecule has 0 saturated carbocycles. The minimum absolute atomic E-state index is 0.106. The lowest BCUT2D eigenvalue weighted by molar-refractivity contribution is -0.130. The number of aromatic nitrogens is 3. The van der Waals surface area contributed by atoms with Gasteiger partial charge in [-0.25, -0.2) is 9.97 Å². The quantitative estimate of drug-likeness (QED) is 0.708. The predicted octanol–water partition coefficient (Wildman–Crippen LogP) is 3.83. The Morgan fingerprint density at radius 1 is 1.26 bits per heavy atom. The first kappa shape index (κ1) is 17.4. The lowest BCUT2D eigenvalue weighted by atomic mass is 9.91. The van der Waals surface area contributed by atoms with E-state index in [0.717, 1.165) is 41.9 Å². The predicted molar refractivity (Wildman–Crippen MR) is 102 cm³/mol. The van der Waals surface area contributed by atoms with E-state index in [2.05, 4.69) is 10.1 Å². The van der Waals surface area contributed by atoms with Crippen LogP contribution in [0, 0.1) is 6.92 Å². The summed E-state index contributed by atoms with van der Waals surface area (Å²) in [6.45, 7) is 4.99. The van der Waals surface area contributed by atoms with Crippen molar-refractivity contribution in [2.75, 3.05) is 13.1 Å². The van der Waals surface area contributed by atoms with Crippen LogP contribution in [0.15, 0.2) is 47.1 Å². The van der Waals surface area contributed by atoms with E-state index >= 15 is 0 Å². The van der Waals surface area contributed by atoms with E-state index in [1.165, 1.54) is 0 Å². The maximum Gasteiger partial charge on any atom is 0.219 e. The van der Waals surface area contributed by atoms with E-state index in [9.17, 15) is 4.79 Å². The van der Waals surface area contributed by atoms with Gasteiger partial charge >= 0.3 is 0 Å². The Morgan fingerprint density at radius 2 is 2.07 bits per heavy atom. The first-order chi connectivity index (χ1) is 13.1. The van der Waals surface area contributed by atoms with E-state index in [0.29, 0.717) is 18.1 Å². The van der Waals surface area contributed by atoms with Crippen molar-refractivity contribution in [1.82, 2.24) is 20.0 Å². The number of aryl methyl sites for hydroxylation is 1. The number of rotatable bonds is 3. The smallest absolute Gasteiger partial charge is 0.219 e. The molecule has 3 aromatic rings. The summed E-state index contributed by atoms with van der Waals surface area (Å²) in [5.74, 6) is 1.61. The highest BCUT2D eigenvalue weighted by Crippen LogP contribution is 2.34. The molecule has 1 unspecified atom stereocenters. The molecule has 0 N–H and O–H groups in total. The zero-order valence-electron chi connectivity index (χ0n) is 15.6. The van der Waals surface area contributed by atoms with Gasteiger partial charge in [0.2, 0.25) is 5.91 Å². The summed E-state index contributed by atoms with van der Waals surface area (Å²) in [6.07, 6.45) is 3.76. The molecule has 3 heterocycles. The highest BCUT2D eigenvalue weighted by molar-refractivity contribution is 5.73. The highest BCUT2D eigenvalue weighted by atomic mass is 16.5. The number of hydrogen-bond donors (Lipinski definition) is 0. The molecular weight excluding hydrogens is 340 g/mol. The molecule has 0 bridgehead atoms. The van der Waals surface area contributed by atoms with Crippen molar-refractivity contribution < 1.29 is 9.32 Å². The van der Waals surface area contributed by atoms with Gasteiger partial charge in [-0.1, -0.05) is 35.5 Å². The maximum absolute atomic E-state index is 11.9. The summed E-state index contributed by atoms with van der Waals surface area (Å²) in [5.41, 5.74) is 3.56. The van der Waals surface area contributed by atoms with Crippen molar-refractivity contribution in [2.24, 2.45) is 0 Å². The van der Waals surface area contributed by atoms with Gasteiger partial charge in [0.1, 0.15) is 0 Å². The van der Waals surface area contributed by atoms with Gasteiger partial charge in [-0.15, -0.1) is 0 Å². The SMILES string of the molecule is CC(=O)N1CCCC(c2nc(-c3ccccc3)ncc2-c2cc(C)no2)C1. The summed E-state index contributed by atoms with van der Waals surface area (Å²) < 4.78 is 5.49. The van der Waals surface area contributed by atoms with Gasteiger partial charge in [-0.2, -0.15) is 0 Å². The first-order valence-electron chi connectivity index (χ1n) is 9.23. The fourth-order valence-electron chi connectivity index (χ4n) is 3.60. The Hall–Kier alpha value is -3.02. The van der Waals surface area contributed by atoms with Crippen molar-refractivity contribution in [3.05, 3.63) is 54.0 Å². The average molecular weight is 362 g/mol. The van der Waals surface area contributed by atoms with Crippen LogP contribution >= 0.6 is 0 Å². The zero-order valence-corrected chi connectivity index (χ0v) is 15.6. The third-order valence-corrected chi connectivity index (χ3v) is 5.00. The second-order valence-electron chi connectivity index (χ2n) is 7.00. The second kappa shape index (κ2) is 7.31. The van der Waals surface area contributed by atoms with Crippen LogP contribution in [0.4, 0.5) is 0 Å². The largest absolute Gasteiger partial charge is 0.356 e. The molecule has 2 aromatic heterocycles. The minimum Gasteiger partial charge on any atom is -0.356 e. The molecule has 1 aromatic carbocycles.